The van der Waals surface area contributed by atoms with Gasteiger partial charge in [0.2, 0.25) is 0 Å². The second kappa shape index (κ2) is 12.2. The van der Waals surface area contributed by atoms with Gasteiger partial charge >= 0.3 is 0 Å². The Morgan fingerprint density at radius 1 is 0.800 bits per heavy atom. The van der Waals surface area contributed by atoms with Gasteiger partial charge in [0.05, 0.1) is 46.2 Å². The Hall–Kier alpha value is -0.530. The van der Waals surface area contributed by atoms with E-state index in [-0.39, 0.29) is 17.8 Å². The first kappa shape index (κ1) is 19.5. The number of hydrogen-bond donors (Lipinski definition) is 1. The molecule has 120 valence electrons. The lowest BCUT2D eigenvalue weighted by Gasteiger charge is -2.16. The zero-order chi connectivity index (χ0) is 15.3. The van der Waals surface area contributed by atoms with Gasteiger partial charge < -0.3 is 24.7 Å². The normalized spacial score (nSPS) is 11.8. The molecule has 0 heterocycles. The Balaban J connectivity index is 3.16. The number of ether oxygens (including phenoxy) is 4. The fourth-order valence-corrected chi connectivity index (χ4v) is 1.12. The molecule has 0 saturated heterocycles. The number of nitrogens with two attached hydrogens (primary N) is 1. The molecule has 6 heteroatoms. The van der Waals surface area contributed by atoms with Gasteiger partial charge in [-0.1, -0.05) is 20.8 Å². The van der Waals surface area contributed by atoms with E-state index < -0.39 is 0 Å². The average Bonchev–Trinajstić information content (AvgIpc) is 2.38. The molecule has 0 bridgehead atoms. The minimum Gasteiger partial charge on any atom is -0.378 e. The van der Waals surface area contributed by atoms with E-state index in [0.717, 1.165) is 0 Å². The predicted molar refractivity (Wildman–Crippen MR) is 76.8 cm³/mol. The number of hydrogen-bond acceptors (Lipinski definition) is 6. The monoisotopic (exact) mass is 291 g/mol. The van der Waals surface area contributed by atoms with Crippen LogP contribution in [0.4, 0.5) is 0 Å². The van der Waals surface area contributed by atoms with E-state index >= 15 is 0 Å². The molecule has 0 rings (SSSR count). The van der Waals surface area contributed by atoms with Gasteiger partial charge in [0.15, 0.2) is 5.78 Å². The van der Waals surface area contributed by atoms with Crippen LogP contribution in [0.5, 0.6) is 0 Å². The molecular formula is C14H29NO5. The van der Waals surface area contributed by atoms with Crippen molar-refractivity contribution in [1.82, 2.24) is 0 Å². The third-order valence-electron chi connectivity index (χ3n) is 2.45. The molecular weight excluding hydrogens is 262 g/mol. The second-order valence-electron chi connectivity index (χ2n) is 5.35. The Morgan fingerprint density at radius 3 is 1.60 bits per heavy atom. The fraction of sp³-hybridized carbons (Fsp3) is 0.929. The summed E-state index contributed by atoms with van der Waals surface area (Å²) in [6.45, 7) is 9.87. The van der Waals surface area contributed by atoms with E-state index in [1.807, 2.05) is 20.8 Å². The third kappa shape index (κ3) is 12.5. The molecule has 0 aliphatic carbocycles. The van der Waals surface area contributed by atoms with Crippen molar-refractivity contribution in [3.05, 3.63) is 0 Å². The maximum Gasteiger partial charge on any atom is 0.163 e. The standard InChI is InChI=1S/C14H29NO5/c1-14(2,3)13(16)12-20-11-10-19-9-8-18-7-6-17-5-4-15/h4-12,15H2,1-3H3. The topological polar surface area (TPSA) is 80.0 Å². The number of carbonyl (C=O) groups excluding carboxylic acids is 1. The van der Waals surface area contributed by atoms with Gasteiger partial charge in [-0.05, 0) is 0 Å². The first-order valence-corrected chi connectivity index (χ1v) is 7.03. The molecule has 2 N–H and O–H groups in total. The maximum absolute atomic E-state index is 11.5. The molecule has 0 aromatic heterocycles. The Labute approximate surface area is 121 Å². The number of rotatable bonds is 13. The van der Waals surface area contributed by atoms with Crippen LogP contribution in [0, 0.1) is 5.41 Å². The van der Waals surface area contributed by atoms with Crippen LogP contribution in [-0.4, -0.2) is 65.2 Å². The van der Waals surface area contributed by atoms with Gasteiger partial charge in [0.1, 0.15) is 6.61 Å². The fourth-order valence-electron chi connectivity index (χ4n) is 1.12. The van der Waals surface area contributed by atoms with Crippen LogP contribution in [0.1, 0.15) is 20.8 Å². The van der Waals surface area contributed by atoms with E-state index in [9.17, 15) is 4.79 Å². The highest BCUT2D eigenvalue weighted by atomic mass is 16.6. The number of ketones is 1. The lowest BCUT2D eigenvalue weighted by molar-refractivity contribution is -0.131. The van der Waals surface area contributed by atoms with Crippen LogP contribution >= 0.6 is 0 Å². The first-order chi connectivity index (χ1) is 9.48. The molecule has 0 atom stereocenters. The van der Waals surface area contributed by atoms with Gasteiger partial charge in [-0.2, -0.15) is 0 Å². The van der Waals surface area contributed by atoms with Gasteiger partial charge in [-0.25, -0.2) is 0 Å². The van der Waals surface area contributed by atoms with Crippen molar-refractivity contribution in [1.29, 1.82) is 0 Å². The highest BCUT2D eigenvalue weighted by Gasteiger charge is 2.20. The number of carbonyl (C=O) groups is 1. The van der Waals surface area contributed by atoms with Crippen LogP contribution in [0.25, 0.3) is 0 Å². The molecule has 0 spiro atoms. The SMILES string of the molecule is CC(C)(C)C(=O)COCCOCCOCCOCCN. The van der Waals surface area contributed by atoms with Crippen LogP contribution in [0.3, 0.4) is 0 Å². The van der Waals surface area contributed by atoms with Crippen LogP contribution in [-0.2, 0) is 23.7 Å². The summed E-state index contributed by atoms with van der Waals surface area (Å²) in [5.41, 5.74) is 4.93. The quantitative estimate of drug-likeness (QED) is 0.501. The van der Waals surface area contributed by atoms with Gasteiger partial charge in [-0.3, -0.25) is 4.79 Å². The first-order valence-electron chi connectivity index (χ1n) is 7.03. The molecule has 20 heavy (non-hydrogen) atoms. The third-order valence-corrected chi connectivity index (χ3v) is 2.45. The summed E-state index contributed by atoms with van der Waals surface area (Å²) >= 11 is 0. The second-order valence-corrected chi connectivity index (χ2v) is 5.35. The Morgan fingerprint density at radius 2 is 1.20 bits per heavy atom. The Kier molecular flexibility index (Phi) is 11.9. The van der Waals surface area contributed by atoms with Gasteiger partial charge in [0.25, 0.3) is 0 Å². The molecule has 0 aromatic rings. The molecule has 0 unspecified atom stereocenters. The predicted octanol–water partition coefficient (Wildman–Crippen LogP) is 0.627. The van der Waals surface area contributed by atoms with Crippen molar-refractivity contribution in [3.8, 4) is 0 Å². The van der Waals surface area contributed by atoms with Crippen molar-refractivity contribution in [2.24, 2.45) is 11.1 Å². The molecule has 0 saturated carbocycles. The highest BCUT2D eigenvalue weighted by molar-refractivity contribution is 5.84. The summed E-state index contributed by atoms with van der Waals surface area (Å²) in [6.07, 6.45) is 0. The summed E-state index contributed by atoms with van der Waals surface area (Å²) in [5.74, 6) is 0.0957. The smallest absolute Gasteiger partial charge is 0.163 e. The number of Topliss-reactive ketones (excluding diaryl/α,β-unsaturated/α-hetero) is 1. The largest absolute Gasteiger partial charge is 0.378 e. The molecule has 0 aromatic carbocycles. The summed E-state index contributed by atoms with van der Waals surface area (Å²) < 4.78 is 21.0. The van der Waals surface area contributed by atoms with Crippen LogP contribution in [0.15, 0.2) is 0 Å². The molecule has 0 fully saturated rings. The Bertz CT molecular complexity index is 240. The van der Waals surface area contributed by atoms with Gasteiger partial charge in [0, 0.05) is 12.0 Å². The van der Waals surface area contributed by atoms with Crippen molar-refractivity contribution in [2.75, 3.05) is 59.4 Å². The van der Waals surface area contributed by atoms with E-state index in [2.05, 4.69) is 0 Å². The van der Waals surface area contributed by atoms with Crippen molar-refractivity contribution < 1.29 is 23.7 Å². The minimum atomic E-state index is -0.347. The van der Waals surface area contributed by atoms with E-state index in [4.69, 9.17) is 24.7 Å². The lowest BCUT2D eigenvalue weighted by Crippen LogP contribution is -2.25. The van der Waals surface area contributed by atoms with Crippen molar-refractivity contribution >= 4 is 5.78 Å². The molecule has 6 nitrogen and oxygen atoms in total. The maximum atomic E-state index is 11.5. The minimum absolute atomic E-state index is 0.0957. The van der Waals surface area contributed by atoms with Crippen LogP contribution in [0.2, 0.25) is 0 Å². The lowest BCUT2D eigenvalue weighted by atomic mass is 9.91. The average molecular weight is 291 g/mol. The van der Waals surface area contributed by atoms with E-state index in [1.54, 1.807) is 0 Å². The summed E-state index contributed by atoms with van der Waals surface area (Å²) in [6, 6.07) is 0. The van der Waals surface area contributed by atoms with Crippen molar-refractivity contribution in [2.45, 2.75) is 20.8 Å². The highest BCUT2D eigenvalue weighted by Crippen LogP contribution is 2.14. The molecule has 0 radical (unpaired) electrons. The summed E-state index contributed by atoms with van der Waals surface area (Å²) in [7, 11) is 0. The van der Waals surface area contributed by atoms with Crippen molar-refractivity contribution in [3.63, 3.8) is 0 Å². The van der Waals surface area contributed by atoms with Gasteiger partial charge in [-0.15, -0.1) is 0 Å². The summed E-state index contributed by atoms with van der Waals surface area (Å²) in [5, 5.41) is 0. The van der Waals surface area contributed by atoms with Crippen LogP contribution < -0.4 is 5.73 Å². The van der Waals surface area contributed by atoms with E-state index in [0.29, 0.717) is 52.8 Å². The zero-order valence-electron chi connectivity index (χ0n) is 13.0. The molecule has 0 aliphatic heterocycles. The van der Waals surface area contributed by atoms with E-state index in [1.165, 1.54) is 0 Å². The molecule has 0 amide bonds. The molecule has 0 aliphatic rings. The zero-order valence-corrected chi connectivity index (χ0v) is 13.0. The summed E-state index contributed by atoms with van der Waals surface area (Å²) in [4.78, 5) is 11.5.